The predicted molar refractivity (Wildman–Crippen MR) is 58.2 cm³/mol. The van der Waals surface area contributed by atoms with E-state index >= 15 is 0 Å². The highest BCUT2D eigenvalue weighted by molar-refractivity contribution is 5.76. The van der Waals surface area contributed by atoms with E-state index in [4.69, 9.17) is 4.74 Å². The molecule has 14 heavy (non-hydrogen) atoms. The Balaban J connectivity index is 3.15. The zero-order valence-corrected chi connectivity index (χ0v) is 9.64. The van der Waals surface area contributed by atoms with Crippen molar-refractivity contribution < 1.29 is 9.53 Å². The van der Waals surface area contributed by atoms with E-state index in [9.17, 15) is 4.79 Å². The predicted octanol–water partition coefficient (Wildman–Crippen LogP) is 2.11. The fraction of sp³-hybridized carbons (Fsp3) is 0.909. The average molecular weight is 201 g/mol. The van der Waals surface area contributed by atoms with Crippen molar-refractivity contribution in [3.8, 4) is 0 Å². The molecule has 0 heterocycles. The Morgan fingerprint density at radius 2 is 2.00 bits per heavy atom. The summed E-state index contributed by atoms with van der Waals surface area (Å²) < 4.78 is 5.33. The van der Waals surface area contributed by atoms with Gasteiger partial charge in [0.1, 0.15) is 0 Å². The molecule has 1 amide bonds. The van der Waals surface area contributed by atoms with Gasteiger partial charge in [0.25, 0.3) is 0 Å². The normalized spacial score (nSPS) is 10.6. The van der Waals surface area contributed by atoms with Gasteiger partial charge < -0.3 is 10.1 Å². The summed E-state index contributed by atoms with van der Waals surface area (Å²) >= 11 is 0. The monoisotopic (exact) mass is 201 g/mol. The maximum atomic E-state index is 11.2. The highest BCUT2D eigenvalue weighted by Gasteiger charge is 2.01. The van der Waals surface area contributed by atoms with Crippen LogP contribution in [0.3, 0.4) is 0 Å². The van der Waals surface area contributed by atoms with E-state index in [0.717, 1.165) is 13.0 Å². The van der Waals surface area contributed by atoms with Gasteiger partial charge >= 0.3 is 0 Å². The van der Waals surface area contributed by atoms with E-state index in [1.54, 1.807) is 0 Å². The lowest BCUT2D eigenvalue weighted by Gasteiger charge is -2.08. The van der Waals surface area contributed by atoms with Crippen molar-refractivity contribution in [3.05, 3.63) is 0 Å². The summed E-state index contributed by atoms with van der Waals surface area (Å²) in [4.78, 5) is 11.2. The molecule has 0 aromatic carbocycles. The van der Waals surface area contributed by atoms with Crippen molar-refractivity contribution >= 4 is 5.91 Å². The molecule has 0 unspecified atom stereocenters. The topological polar surface area (TPSA) is 38.3 Å². The van der Waals surface area contributed by atoms with Crippen LogP contribution >= 0.6 is 0 Å². The first-order valence-corrected chi connectivity index (χ1v) is 5.54. The second kappa shape index (κ2) is 9.00. The molecular weight excluding hydrogens is 178 g/mol. The molecule has 0 aliphatic heterocycles. The lowest BCUT2D eigenvalue weighted by atomic mass is 10.3. The molecule has 0 fully saturated rings. The number of nitrogens with one attached hydrogen (secondary N) is 1. The van der Waals surface area contributed by atoms with Crippen LogP contribution in [-0.2, 0) is 9.53 Å². The Bertz CT molecular complexity index is 146. The molecule has 0 saturated heterocycles. The maximum absolute atomic E-state index is 11.2. The number of carbonyl (C=O) groups is 1. The van der Waals surface area contributed by atoms with Gasteiger partial charge in [0.2, 0.25) is 5.91 Å². The van der Waals surface area contributed by atoms with Crippen molar-refractivity contribution in [1.82, 2.24) is 5.32 Å². The molecule has 0 bridgehead atoms. The smallest absolute Gasteiger partial charge is 0.222 e. The van der Waals surface area contributed by atoms with Gasteiger partial charge in [-0.1, -0.05) is 19.8 Å². The molecule has 0 aromatic rings. The Labute approximate surface area is 87.2 Å². The molecule has 0 atom stereocenters. The summed E-state index contributed by atoms with van der Waals surface area (Å²) in [5.74, 6) is 0.0792. The highest BCUT2D eigenvalue weighted by atomic mass is 16.5. The number of unbranched alkanes of at least 4 members (excludes halogenated alkanes) is 2. The Hall–Kier alpha value is -0.570. The van der Waals surface area contributed by atoms with E-state index in [2.05, 4.69) is 12.2 Å². The van der Waals surface area contributed by atoms with Crippen LogP contribution in [0.4, 0.5) is 0 Å². The van der Waals surface area contributed by atoms with E-state index in [1.165, 1.54) is 12.8 Å². The lowest BCUT2D eigenvalue weighted by Crippen LogP contribution is -2.30. The SMILES string of the molecule is CCCCCOCCC(=O)NC(C)C. The van der Waals surface area contributed by atoms with E-state index in [-0.39, 0.29) is 11.9 Å². The first-order chi connectivity index (χ1) is 6.66. The second-order valence-corrected chi connectivity index (χ2v) is 3.79. The van der Waals surface area contributed by atoms with Gasteiger partial charge in [0.15, 0.2) is 0 Å². The van der Waals surface area contributed by atoms with E-state index in [0.29, 0.717) is 13.0 Å². The minimum Gasteiger partial charge on any atom is -0.381 e. The summed E-state index contributed by atoms with van der Waals surface area (Å²) in [5.41, 5.74) is 0. The van der Waals surface area contributed by atoms with Crippen LogP contribution in [0, 0.1) is 0 Å². The van der Waals surface area contributed by atoms with E-state index in [1.807, 2.05) is 13.8 Å². The van der Waals surface area contributed by atoms with Crippen molar-refractivity contribution in [3.63, 3.8) is 0 Å². The molecule has 0 spiro atoms. The van der Waals surface area contributed by atoms with Crippen molar-refractivity contribution in [2.75, 3.05) is 13.2 Å². The maximum Gasteiger partial charge on any atom is 0.222 e. The fourth-order valence-corrected chi connectivity index (χ4v) is 1.12. The Kier molecular flexibility index (Phi) is 8.64. The molecule has 0 aromatic heterocycles. The summed E-state index contributed by atoms with van der Waals surface area (Å²) in [6.45, 7) is 7.40. The largest absolute Gasteiger partial charge is 0.381 e. The van der Waals surface area contributed by atoms with Crippen molar-refractivity contribution in [2.24, 2.45) is 0 Å². The third-order valence-electron chi connectivity index (χ3n) is 1.82. The molecule has 84 valence electrons. The minimum atomic E-state index is 0.0792. The standard InChI is InChI=1S/C11H23NO2/c1-4-5-6-8-14-9-7-11(13)12-10(2)3/h10H,4-9H2,1-3H3,(H,12,13). The number of amides is 1. The van der Waals surface area contributed by atoms with Crippen molar-refractivity contribution in [2.45, 2.75) is 52.5 Å². The van der Waals surface area contributed by atoms with Crippen LogP contribution in [0.25, 0.3) is 0 Å². The summed E-state index contributed by atoms with van der Waals surface area (Å²) in [7, 11) is 0. The van der Waals surface area contributed by atoms with Crippen LogP contribution < -0.4 is 5.32 Å². The molecule has 3 heteroatoms. The second-order valence-electron chi connectivity index (χ2n) is 3.79. The van der Waals surface area contributed by atoms with Crippen LogP contribution in [0.1, 0.15) is 46.5 Å². The molecule has 0 rings (SSSR count). The van der Waals surface area contributed by atoms with Gasteiger partial charge in [-0.25, -0.2) is 0 Å². The molecule has 0 saturated carbocycles. The average Bonchev–Trinajstić information content (AvgIpc) is 2.10. The molecule has 0 radical (unpaired) electrons. The first-order valence-electron chi connectivity index (χ1n) is 5.54. The zero-order chi connectivity index (χ0) is 10.8. The van der Waals surface area contributed by atoms with Gasteiger partial charge in [-0.15, -0.1) is 0 Å². The quantitative estimate of drug-likeness (QED) is 0.611. The van der Waals surface area contributed by atoms with Crippen LogP contribution in [-0.4, -0.2) is 25.2 Å². The number of hydrogen-bond acceptors (Lipinski definition) is 2. The number of carbonyl (C=O) groups excluding carboxylic acids is 1. The summed E-state index contributed by atoms with van der Waals surface area (Å²) in [5, 5.41) is 2.83. The number of rotatable bonds is 8. The first kappa shape index (κ1) is 13.4. The molecular formula is C11H23NO2. The van der Waals surface area contributed by atoms with Gasteiger partial charge in [0, 0.05) is 19.1 Å². The minimum absolute atomic E-state index is 0.0792. The van der Waals surface area contributed by atoms with Crippen LogP contribution in [0.2, 0.25) is 0 Å². The van der Waals surface area contributed by atoms with Gasteiger partial charge in [-0.2, -0.15) is 0 Å². The van der Waals surface area contributed by atoms with Gasteiger partial charge in [-0.3, -0.25) is 4.79 Å². The summed E-state index contributed by atoms with van der Waals surface area (Å²) in [6.07, 6.45) is 3.99. The number of ether oxygens (including phenoxy) is 1. The molecule has 3 nitrogen and oxygen atoms in total. The number of hydrogen-bond donors (Lipinski definition) is 1. The summed E-state index contributed by atoms with van der Waals surface area (Å²) in [6, 6.07) is 0.225. The van der Waals surface area contributed by atoms with Crippen LogP contribution in [0.15, 0.2) is 0 Å². The molecule has 0 aliphatic carbocycles. The zero-order valence-electron chi connectivity index (χ0n) is 9.64. The third kappa shape index (κ3) is 9.52. The fourth-order valence-electron chi connectivity index (χ4n) is 1.12. The van der Waals surface area contributed by atoms with E-state index < -0.39 is 0 Å². The third-order valence-corrected chi connectivity index (χ3v) is 1.82. The Morgan fingerprint density at radius 1 is 1.29 bits per heavy atom. The van der Waals surface area contributed by atoms with Gasteiger partial charge in [-0.05, 0) is 20.3 Å². The lowest BCUT2D eigenvalue weighted by molar-refractivity contribution is -0.122. The van der Waals surface area contributed by atoms with Crippen molar-refractivity contribution in [1.29, 1.82) is 0 Å². The van der Waals surface area contributed by atoms with Crippen LogP contribution in [0.5, 0.6) is 0 Å². The highest BCUT2D eigenvalue weighted by Crippen LogP contribution is 1.94. The Morgan fingerprint density at radius 3 is 2.57 bits per heavy atom. The molecule has 0 aliphatic rings. The van der Waals surface area contributed by atoms with Gasteiger partial charge in [0.05, 0.1) is 6.61 Å². The molecule has 1 N–H and O–H groups in total.